The minimum atomic E-state index is 0.0480. The molecule has 3 aromatic rings. The maximum Gasteiger partial charge on any atom is 0.263 e. The summed E-state index contributed by atoms with van der Waals surface area (Å²) in [4.78, 5) is 15.4. The topological polar surface area (TPSA) is 52.2 Å². The second-order valence-electron chi connectivity index (χ2n) is 8.07. The minimum Gasteiger partial charge on any atom is -0.279 e. The van der Waals surface area contributed by atoms with E-state index in [9.17, 15) is 4.79 Å². The maximum absolute atomic E-state index is 13.0. The molecule has 1 atom stereocenters. The lowest BCUT2D eigenvalue weighted by molar-refractivity contribution is 0.218. The Labute approximate surface area is 161 Å². The highest BCUT2D eigenvalue weighted by Gasteiger charge is 2.32. The van der Waals surface area contributed by atoms with Crippen molar-refractivity contribution in [3.8, 4) is 0 Å². The normalized spacial score (nSPS) is 17.8. The summed E-state index contributed by atoms with van der Waals surface area (Å²) in [6.07, 6.45) is 5.04. The Morgan fingerprint density at radius 1 is 1.38 bits per heavy atom. The van der Waals surface area contributed by atoms with E-state index in [2.05, 4.69) is 41.9 Å². The van der Waals surface area contributed by atoms with Crippen LogP contribution in [0.25, 0.3) is 16.0 Å². The van der Waals surface area contributed by atoms with Crippen molar-refractivity contribution in [2.75, 3.05) is 5.75 Å². The predicted molar refractivity (Wildman–Crippen MR) is 110 cm³/mol. The fourth-order valence-corrected chi connectivity index (χ4v) is 5.97. The fraction of sp³-hybridized carbons (Fsp3) is 0.526. The van der Waals surface area contributed by atoms with Crippen LogP contribution in [0.2, 0.25) is 0 Å². The van der Waals surface area contributed by atoms with E-state index in [1.165, 1.54) is 10.4 Å². The Hall–Kier alpha value is -1.60. The first kappa shape index (κ1) is 17.8. The molecule has 7 heteroatoms. The van der Waals surface area contributed by atoms with E-state index >= 15 is 0 Å². The average Bonchev–Trinajstić information content (AvgIpc) is 3.17. The maximum atomic E-state index is 13.0. The van der Waals surface area contributed by atoms with Crippen molar-refractivity contribution < 1.29 is 0 Å². The molecule has 0 aromatic carbocycles. The number of rotatable bonds is 3. The minimum absolute atomic E-state index is 0.0480. The van der Waals surface area contributed by atoms with Crippen molar-refractivity contribution in [1.82, 2.24) is 19.2 Å². The van der Waals surface area contributed by atoms with Crippen LogP contribution in [0.3, 0.4) is 0 Å². The highest BCUT2D eigenvalue weighted by atomic mass is 32.2. The first-order valence-corrected chi connectivity index (χ1v) is 10.7. The highest BCUT2D eigenvalue weighted by Crippen LogP contribution is 2.42. The lowest BCUT2D eigenvalue weighted by Crippen LogP contribution is -2.27. The van der Waals surface area contributed by atoms with Gasteiger partial charge in [-0.15, -0.1) is 28.1 Å². The summed E-state index contributed by atoms with van der Waals surface area (Å²) < 4.78 is 3.69. The van der Waals surface area contributed by atoms with Crippen molar-refractivity contribution in [3.05, 3.63) is 33.4 Å². The average molecular weight is 389 g/mol. The van der Waals surface area contributed by atoms with Gasteiger partial charge < -0.3 is 0 Å². The zero-order valence-corrected chi connectivity index (χ0v) is 17.3. The molecule has 0 aliphatic heterocycles. The molecule has 0 radical (unpaired) electrons. The van der Waals surface area contributed by atoms with Crippen LogP contribution in [0.5, 0.6) is 0 Å². The number of hydrogen-bond donors (Lipinski definition) is 0. The van der Waals surface area contributed by atoms with Crippen LogP contribution < -0.4 is 5.56 Å². The lowest BCUT2D eigenvalue weighted by atomic mass is 9.72. The number of aromatic nitrogens is 4. The van der Waals surface area contributed by atoms with Gasteiger partial charge in [0.2, 0.25) is 5.78 Å². The van der Waals surface area contributed by atoms with Gasteiger partial charge in [-0.3, -0.25) is 9.36 Å². The van der Waals surface area contributed by atoms with E-state index in [0.29, 0.717) is 11.7 Å². The summed E-state index contributed by atoms with van der Waals surface area (Å²) in [5.41, 5.74) is 1.59. The molecule has 0 fully saturated rings. The quantitative estimate of drug-likeness (QED) is 0.501. The molecule has 0 saturated carbocycles. The Kier molecular flexibility index (Phi) is 4.27. The van der Waals surface area contributed by atoms with Gasteiger partial charge in [0.25, 0.3) is 5.56 Å². The smallest absolute Gasteiger partial charge is 0.263 e. The zero-order valence-electron chi connectivity index (χ0n) is 15.7. The summed E-state index contributed by atoms with van der Waals surface area (Å²) in [7, 11) is 1.79. The molecule has 26 heavy (non-hydrogen) atoms. The standard InChI is InChI=1S/C19H24N4OS2/c1-6-9-25-18-21-20-17-22(5)15(24)14-12-8-7-11(19(2,3)4)10-13(12)26-16(14)23(17)18/h6,11H,1,7-10H2,2-5H3/t11-/m0/s1. The van der Waals surface area contributed by atoms with Crippen molar-refractivity contribution in [1.29, 1.82) is 0 Å². The van der Waals surface area contributed by atoms with Crippen LogP contribution >= 0.6 is 23.1 Å². The second kappa shape index (κ2) is 6.23. The number of nitrogens with zero attached hydrogens (tertiary/aromatic N) is 4. The van der Waals surface area contributed by atoms with Gasteiger partial charge in [0.1, 0.15) is 4.83 Å². The Morgan fingerprint density at radius 2 is 2.15 bits per heavy atom. The summed E-state index contributed by atoms with van der Waals surface area (Å²) in [5.74, 6) is 2.03. The van der Waals surface area contributed by atoms with E-state index < -0.39 is 0 Å². The highest BCUT2D eigenvalue weighted by molar-refractivity contribution is 7.99. The predicted octanol–water partition coefficient (Wildman–Crippen LogP) is 4.07. The number of thiophene rings is 1. The first-order chi connectivity index (χ1) is 12.3. The molecule has 0 N–H and O–H groups in total. The van der Waals surface area contributed by atoms with Crippen molar-refractivity contribution in [2.45, 2.75) is 45.2 Å². The van der Waals surface area contributed by atoms with Crippen LogP contribution in [0.1, 0.15) is 37.6 Å². The van der Waals surface area contributed by atoms with Gasteiger partial charge >= 0.3 is 0 Å². The van der Waals surface area contributed by atoms with Gasteiger partial charge in [0.15, 0.2) is 5.16 Å². The van der Waals surface area contributed by atoms with Gasteiger partial charge in [-0.1, -0.05) is 38.6 Å². The monoisotopic (exact) mass is 388 g/mol. The number of fused-ring (bicyclic) bond motifs is 5. The first-order valence-electron chi connectivity index (χ1n) is 8.95. The molecule has 138 valence electrons. The van der Waals surface area contributed by atoms with E-state index in [1.807, 2.05) is 6.08 Å². The van der Waals surface area contributed by atoms with Gasteiger partial charge in [0.05, 0.1) is 5.39 Å². The molecule has 0 unspecified atom stereocenters. The molecular formula is C19H24N4OS2. The molecule has 3 heterocycles. The van der Waals surface area contributed by atoms with Crippen LogP contribution in [-0.4, -0.2) is 24.9 Å². The van der Waals surface area contributed by atoms with Crippen LogP contribution in [0.4, 0.5) is 0 Å². The van der Waals surface area contributed by atoms with Crippen LogP contribution in [0.15, 0.2) is 22.6 Å². The molecule has 5 nitrogen and oxygen atoms in total. The van der Waals surface area contributed by atoms with E-state index in [0.717, 1.165) is 40.4 Å². The zero-order chi connectivity index (χ0) is 18.6. The largest absolute Gasteiger partial charge is 0.279 e. The third-order valence-corrected chi connectivity index (χ3v) is 7.60. The molecule has 0 amide bonds. The summed E-state index contributed by atoms with van der Waals surface area (Å²) in [6, 6.07) is 0. The van der Waals surface area contributed by atoms with E-state index in [4.69, 9.17) is 0 Å². The number of hydrogen-bond acceptors (Lipinski definition) is 5. The van der Waals surface area contributed by atoms with Crippen molar-refractivity contribution in [3.63, 3.8) is 0 Å². The fourth-order valence-electron chi connectivity index (χ4n) is 3.83. The molecule has 3 aromatic heterocycles. The summed E-state index contributed by atoms with van der Waals surface area (Å²) >= 11 is 3.35. The van der Waals surface area contributed by atoms with Crippen molar-refractivity contribution in [2.24, 2.45) is 18.4 Å². The third-order valence-electron chi connectivity index (χ3n) is 5.44. The molecule has 1 aliphatic carbocycles. The molecule has 4 rings (SSSR count). The Balaban J connectivity index is 1.97. The summed E-state index contributed by atoms with van der Waals surface area (Å²) in [6.45, 7) is 10.7. The van der Waals surface area contributed by atoms with Crippen LogP contribution in [0, 0.1) is 11.3 Å². The van der Waals surface area contributed by atoms with Gasteiger partial charge in [-0.2, -0.15) is 0 Å². The molecule has 1 aliphatic rings. The Bertz CT molecular complexity index is 1070. The second-order valence-corrected chi connectivity index (χ2v) is 10.1. The molecule has 0 bridgehead atoms. The molecular weight excluding hydrogens is 364 g/mol. The van der Waals surface area contributed by atoms with E-state index in [1.54, 1.807) is 34.7 Å². The van der Waals surface area contributed by atoms with Crippen LogP contribution in [-0.2, 0) is 19.9 Å². The SMILES string of the molecule is C=CCSc1nnc2n(C)c(=O)c3c4c(sc3n12)C[C@@H](C(C)(C)C)CC4. The van der Waals surface area contributed by atoms with Gasteiger partial charge in [-0.05, 0) is 36.2 Å². The number of aryl methyl sites for hydroxylation is 2. The molecule has 0 saturated heterocycles. The van der Waals surface area contributed by atoms with Gasteiger partial charge in [-0.25, -0.2) is 4.40 Å². The van der Waals surface area contributed by atoms with Gasteiger partial charge in [0, 0.05) is 17.7 Å². The Morgan fingerprint density at radius 3 is 2.85 bits per heavy atom. The number of thioether (sulfide) groups is 1. The molecule has 0 spiro atoms. The lowest BCUT2D eigenvalue weighted by Gasteiger charge is -2.33. The summed E-state index contributed by atoms with van der Waals surface area (Å²) in [5, 5.41) is 10.3. The van der Waals surface area contributed by atoms with E-state index in [-0.39, 0.29) is 11.0 Å². The third kappa shape index (κ3) is 2.63. The van der Waals surface area contributed by atoms with Crippen molar-refractivity contribution >= 4 is 39.1 Å².